The molecule has 4 nitrogen and oxygen atoms in total. The second-order valence-electron chi connectivity index (χ2n) is 18.1. The van der Waals surface area contributed by atoms with E-state index < -0.39 is 0 Å². The average Bonchev–Trinajstić information content (AvgIpc) is 4.17. The minimum absolute atomic E-state index is 0.422. The van der Waals surface area contributed by atoms with Crippen molar-refractivity contribution in [2.24, 2.45) is 0 Å². The van der Waals surface area contributed by atoms with Crippen molar-refractivity contribution < 1.29 is 0 Å². The van der Waals surface area contributed by atoms with E-state index in [0.717, 1.165) is 93.2 Å². The minimum atomic E-state index is 0.422. The Bertz CT molecular complexity index is 4640. The summed E-state index contributed by atoms with van der Waals surface area (Å²) in [4.78, 5) is 4.64. The van der Waals surface area contributed by atoms with Crippen LogP contribution in [0.3, 0.4) is 0 Å². The van der Waals surface area contributed by atoms with Crippen LogP contribution in [0.5, 0.6) is 0 Å². The van der Waals surface area contributed by atoms with Gasteiger partial charge in [0.25, 0.3) is 0 Å². The molecule has 70 heavy (non-hydrogen) atoms. The third kappa shape index (κ3) is 5.32. The van der Waals surface area contributed by atoms with Crippen LogP contribution in [0.15, 0.2) is 206 Å². The van der Waals surface area contributed by atoms with Crippen LogP contribution >= 0.6 is 22.7 Å². The predicted molar refractivity (Wildman–Crippen MR) is 298 cm³/mol. The molecular formula is C64H34N4S2. The normalized spacial score (nSPS) is 12.0. The number of para-hydroxylation sites is 2. The Morgan fingerprint density at radius 3 is 1.36 bits per heavy atom. The van der Waals surface area contributed by atoms with Crippen molar-refractivity contribution in [1.82, 2.24) is 9.13 Å². The molecule has 0 spiro atoms. The van der Waals surface area contributed by atoms with Gasteiger partial charge >= 0.3 is 0 Å². The van der Waals surface area contributed by atoms with Crippen LogP contribution in [0.25, 0.3) is 144 Å². The molecule has 0 aliphatic carbocycles. The molecule has 0 radical (unpaired) electrons. The molecule has 11 aromatic carbocycles. The van der Waals surface area contributed by atoms with Crippen LogP contribution in [0.1, 0.15) is 5.56 Å². The highest BCUT2D eigenvalue weighted by atomic mass is 32.1. The van der Waals surface area contributed by atoms with Crippen molar-refractivity contribution in [2.75, 3.05) is 0 Å². The van der Waals surface area contributed by atoms with E-state index >= 15 is 0 Å². The SMILES string of the molecule is [C-]#[N+]c1c(-c2ccc3ccccc3c2)c(C#N)c(-n2c3ccccc3c3c4sc5ccccc5c4ccc32)c(-c2ccc3ccccc3c2)c1-n1c2ccccc2c2c3sc4ccccc4c3ccc21. The van der Waals surface area contributed by atoms with Crippen LogP contribution in [-0.4, -0.2) is 9.13 Å². The van der Waals surface area contributed by atoms with Gasteiger partial charge in [0.2, 0.25) is 5.69 Å². The highest BCUT2D eigenvalue weighted by Gasteiger charge is 2.32. The zero-order chi connectivity index (χ0) is 46.2. The van der Waals surface area contributed by atoms with E-state index in [-0.39, 0.29) is 0 Å². The molecule has 0 aliphatic rings. The predicted octanol–water partition coefficient (Wildman–Crippen LogP) is 18.7. The second-order valence-corrected chi connectivity index (χ2v) is 20.2. The maximum Gasteiger partial charge on any atom is 0.220 e. The molecule has 0 bridgehead atoms. The van der Waals surface area contributed by atoms with E-state index in [1.165, 1.54) is 40.3 Å². The van der Waals surface area contributed by atoms with Gasteiger partial charge < -0.3 is 9.13 Å². The molecule has 15 aromatic rings. The number of benzene rings is 11. The zero-order valence-corrected chi connectivity index (χ0v) is 38.9. The summed E-state index contributed by atoms with van der Waals surface area (Å²) in [6.45, 7) is 9.47. The number of nitriles is 1. The molecular weight excluding hydrogens is 889 g/mol. The Morgan fingerprint density at radius 1 is 0.400 bits per heavy atom. The number of rotatable bonds is 4. The molecule has 0 fully saturated rings. The molecule has 0 saturated heterocycles. The number of aromatic nitrogens is 2. The van der Waals surface area contributed by atoms with Crippen LogP contribution in [0.2, 0.25) is 0 Å². The van der Waals surface area contributed by atoms with Crippen molar-refractivity contribution in [1.29, 1.82) is 5.26 Å². The Labute approximate surface area is 408 Å². The summed E-state index contributed by atoms with van der Waals surface area (Å²) < 4.78 is 9.58. The third-order valence-electron chi connectivity index (χ3n) is 14.5. The summed E-state index contributed by atoms with van der Waals surface area (Å²) in [5.74, 6) is 0. The number of fused-ring (bicyclic) bond motifs is 16. The van der Waals surface area contributed by atoms with Gasteiger partial charge in [-0.15, -0.1) is 22.7 Å². The lowest BCUT2D eigenvalue weighted by Crippen LogP contribution is -2.08. The van der Waals surface area contributed by atoms with Crippen molar-refractivity contribution in [3.63, 3.8) is 0 Å². The average molecular weight is 923 g/mol. The molecule has 0 unspecified atom stereocenters. The Morgan fingerprint density at radius 2 is 0.843 bits per heavy atom. The first kappa shape index (κ1) is 39.0. The Balaban J connectivity index is 1.21. The monoisotopic (exact) mass is 922 g/mol. The lowest BCUT2D eigenvalue weighted by molar-refractivity contribution is 1.13. The standard InChI is InChI=1S/C64H34N4S2/c1-66-60-56(41-28-26-37-14-2-4-16-39(37)34-41)49(36-65)61(67-50-22-10-6-20-47(50)58-52(67)32-30-45-43-18-8-12-24-54(43)69-63(45)58)57(42-29-27-38-15-3-5-17-40(38)35-42)62(60)68-51-23-11-7-21-48(51)59-53(68)33-31-46-44-19-9-13-25-55(44)70-64(46)59/h2-35H. The van der Waals surface area contributed by atoms with Gasteiger partial charge in [0.15, 0.2) is 0 Å². The summed E-state index contributed by atoms with van der Waals surface area (Å²) in [6, 6.07) is 76.2. The summed E-state index contributed by atoms with van der Waals surface area (Å²) in [7, 11) is 0. The summed E-state index contributed by atoms with van der Waals surface area (Å²) >= 11 is 3.64. The highest BCUT2D eigenvalue weighted by Crippen LogP contribution is 2.54. The smallest absolute Gasteiger partial charge is 0.220 e. The molecule has 0 atom stereocenters. The van der Waals surface area contributed by atoms with E-state index in [9.17, 15) is 11.8 Å². The van der Waals surface area contributed by atoms with Crippen molar-refractivity contribution >= 4 is 134 Å². The summed E-state index contributed by atoms with van der Waals surface area (Å²) in [6.07, 6.45) is 0. The first-order valence-corrected chi connectivity index (χ1v) is 25.0. The van der Waals surface area contributed by atoms with E-state index in [2.05, 4.69) is 214 Å². The number of thiophene rings is 2. The highest BCUT2D eigenvalue weighted by molar-refractivity contribution is 7.27. The lowest BCUT2D eigenvalue weighted by Gasteiger charge is -2.26. The first-order chi connectivity index (χ1) is 34.7. The van der Waals surface area contributed by atoms with E-state index in [4.69, 9.17) is 0 Å². The topological polar surface area (TPSA) is 38.0 Å². The first-order valence-electron chi connectivity index (χ1n) is 23.3. The van der Waals surface area contributed by atoms with Gasteiger partial charge in [-0.2, -0.15) is 5.26 Å². The fraction of sp³-hybridized carbons (Fsp3) is 0. The van der Waals surface area contributed by atoms with Crippen LogP contribution in [-0.2, 0) is 0 Å². The Hall–Kier alpha value is -9.04. The quantitative estimate of drug-likeness (QED) is 0.162. The number of hydrogen-bond acceptors (Lipinski definition) is 3. The molecule has 4 aromatic heterocycles. The summed E-state index contributed by atoms with van der Waals surface area (Å²) in [5, 5.41) is 25.8. The van der Waals surface area contributed by atoms with Crippen LogP contribution in [0.4, 0.5) is 5.69 Å². The van der Waals surface area contributed by atoms with E-state index in [1.54, 1.807) is 0 Å². The molecule has 0 aliphatic heterocycles. The molecule has 0 amide bonds. The van der Waals surface area contributed by atoms with Crippen molar-refractivity contribution in [3.8, 4) is 39.7 Å². The fourth-order valence-corrected chi connectivity index (χ4v) is 14.1. The molecule has 15 rings (SSSR count). The fourth-order valence-electron chi connectivity index (χ4n) is 11.6. The third-order valence-corrected chi connectivity index (χ3v) is 16.9. The molecule has 322 valence electrons. The molecule has 4 heterocycles. The summed E-state index contributed by atoms with van der Waals surface area (Å²) in [5.41, 5.74) is 9.48. The Kier molecular flexibility index (Phi) is 8.21. The van der Waals surface area contributed by atoms with Crippen LogP contribution < -0.4 is 0 Å². The zero-order valence-electron chi connectivity index (χ0n) is 37.2. The van der Waals surface area contributed by atoms with E-state index in [0.29, 0.717) is 16.8 Å². The molecule has 6 heteroatoms. The van der Waals surface area contributed by atoms with Gasteiger partial charge in [-0.25, -0.2) is 4.85 Å². The lowest BCUT2D eigenvalue weighted by atomic mass is 9.87. The van der Waals surface area contributed by atoms with Gasteiger partial charge in [0.1, 0.15) is 6.07 Å². The minimum Gasteiger partial charge on any atom is -0.318 e. The maximum atomic E-state index is 12.1. The van der Waals surface area contributed by atoms with Gasteiger partial charge in [-0.05, 0) is 81.2 Å². The van der Waals surface area contributed by atoms with Crippen molar-refractivity contribution in [3.05, 3.63) is 223 Å². The van der Waals surface area contributed by atoms with Gasteiger partial charge in [0.05, 0.1) is 45.6 Å². The number of nitrogens with zero attached hydrogens (tertiary/aromatic N) is 4. The largest absolute Gasteiger partial charge is 0.318 e. The van der Waals surface area contributed by atoms with Crippen LogP contribution in [0, 0.1) is 17.9 Å². The number of hydrogen-bond donors (Lipinski definition) is 0. The van der Waals surface area contributed by atoms with Gasteiger partial charge in [-0.3, -0.25) is 0 Å². The maximum absolute atomic E-state index is 12.1. The van der Waals surface area contributed by atoms with E-state index in [1.807, 2.05) is 34.8 Å². The van der Waals surface area contributed by atoms with Gasteiger partial charge in [0, 0.05) is 73.0 Å². The molecule has 0 N–H and O–H groups in total. The van der Waals surface area contributed by atoms with Gasteiger partial charge in [-0.1, -0.05) is 158 Å². The van der Waals surface area contributed by atoms with Crippen molar-refractivity contribution in [2.45, 2.75) is 0 Å². The molecule has 0 saturated carbocycles. The second kappa shape index (κ2) is 14.7.